The summed E-state index contributed by atoms with van der Waals surface area (Å²) < 4.78 is 2.01. The van der Waals surface area contributed by atoms with Gasteiger partial charge >= 0.3 is 6.09 Å². The molecule has 1 aliphatic rings. The molecule has 0 bridgehead atoms. The van der Waals surface area contributed by atoms with Gasteiger partial charge in [0.15, 0.2) is 11.5 Å². The maximum atomic E-state index is 12.4. The molecule has 1 aliphatic carbocycles. The molecule has 2 amide bonds. The number of amides is 2. The highest BCUT2D eigenvalue weighted by Gasteiger charge is 2.25. The van der Waals surface area contributed by atoms with Gasteiger partial charge in [-0.25, -0.2) is 14.8 Å². The van der Waals surface area contributed by atoms with Gasteiger partial charge in [0.2, 0.25) is 0 Å². The molecular formula is C32H34N6O3. The molecule has 9 heteroatoms. The van der Waals surface area contributed by atoms with Crippen LogP contribution in [0.25, 0.3) is 28.2 Å². The molecule has 2 heterocycles. The molecule has 0 aliphatic heterocycles. The number of nitrogens with zero attached hydrogens (tertiary/aromatic N) is 4. The van der Waals surface area contributed by atoms with E-state index in [9.17, 15) is 14.7 Å². The van der Waals surface area contributed by atoms with Crippen LogP contribution in [0.3, 0.4) is 0 Å². The molecule has 0 unspecified atom stereocenters. The number of benzene rings is 2. The molecule has 2 aromatic carbocycles. The van der Waals surface area contributed by atoms with Crippen LogP contribution in [0.15, 0.2) is 67.0 Å². The number of carboxylic acid groups (broad SMARTS) is 1. The van der Waals surface area contributed by atoms with E-state index in [4.69, 9.17) is 4.98 Å². The van der Waals surface area contributed by atoms with Gasteiger partial charge in [0.25, 0.3) is 5.91 Å². The quantitative estimate of drug-likeness (QED) is 0.196. The first-order chi connectivity index (χ1) is 19.7. The van der Waals surface area contributed by atoms with E-state index in [1.54, 1.807) is 0 Å². The fourth-order valence-corrected chi connectivity index (χ4v) is 4.42. The van der Waals surface area contributed by atoms with Crippen LogP contribution >= 0.6 is 0 Å². The number of fused-ring (bicyclic) bond motifs is 1. The zero-order valence-electron chi connectivity index (χ0n) is 23.5. The van der Waals surface area contributed by atoms with Crippen molar-refractivity contribution < 1.29 is 14.7 Å². The van der Waals surface area contributed by atoms with Gasteiger partial charge in [-0.2, -0.15) is 0 Å². The molecule has 2 aromatic heterocycles. The minimum absolute atomic E-state index is 0.0450. The van der Waals surface area contributed by atoms with Crippen molar-refractivity contribution in [2.75, 3.05) is 18.4 Å². The van der Waals surface area contributed by atoms with Gasteiger partial charge in [0.1, 0.15) is 0 Å². The lowest BCUT2D eigenvalue weighted by atomic mass is 10.1. The van der Waals surface area contributed by atoms with Gasteiger partial charge in [0.05, 0.1) is 24.1 Å². The largest absolute Gasteiger partial charge is 0.465 e. The monoisotopic (exact) mass is 550 g/mol. The van der Waals surface area contributed by atoms with Crippen molar-refractivity contribution in [1.82, 2.24) is 24.6 Å². The number of rotatable bonds is 8. The number of carbonyl (C=O) groups is 2. The molecule has 0 radical (unpaired) electrons. The average molecular weight is 551 g/mol. The van der Waals surface area contributed by atoms with Crippen molar-refractivity contribution in [3.05, 3.63) is 72.6 Å². The van der Waals surface area contributed by atoms with E-state index in [0.717, 1.165) is 35.4 Å². The SMILES string of the molecule is CC(C)(C)N(CC#CCCNc1nc(-c2ccccc2)cn2c(-c3ccc(C(=O)NC4CC4)cc3)cnc12)C(=O)O. The minimum Gasteiger partial charge on any atom is -0.465 e. The van der Waals surface area contributed by atoms with Crippen molar-refractivity contribution in [2.45, 2.75) is 51.6 Å². The topological polar surface area (TPSA) is 112 Å². The first kappa shape index (κ1) is 27.7. The van der Waals surface area contributed by atoms with E-state index < -0.39 is 11.6 Å². The number of hydrogen-bond acceptors (Lipinski definition) is 5. The number of anilines is 1. The van der Waals surface area contributed by atoms with Crippen LogP contribution in [0, 0.1) is 11.8 Å². The van der Waals surface area contributed by atoms with Crippen molar-refractivity contribution in [3.8, 4) is 34.4 Å². The molecule has 5 rings (SSSR count). The lowest BCUT2D eigenvalue weighted by Gasteiger charge is -2.31. The summed E-state index contributed by atoms with van der Waals surface area (Å²) in [5, 5.41) is 15.8. The van der Waals surface area contributed by atoms with Gasteiger partial charge in [-0.05, 0) is 45.7 Å². The van der Waals surface area contributed by atoms with Crippen LogP contribution in [-0.4, -0.2) is 61.0 Å². The Morgan fingerprint density at radius 1 is 1.05 bits per heavy atom. The Morgan fingerprint density at radius 3 is 2.44 bits per heavy atom. The van der Waals surface area contributed by atoms with E-state index in [1.165, 1.54) is 4.90 Å². The third-order valence-electron chi connectivity index (χ3n) is 6.86. The lowest BCUT2D eigenvalue weighted by Crippen LogP contribution is -2.45. The second-order valence-corrected chi connectivity index (χ2v) is 11.1. The minimum atomic E-state index is -0.986. The molecule has 9 nitrogen and oxygen atoms in total. The first-order valence-electron chi connectivity index (χ1n) is 13.8. The van der Waals surface area contributed by atoms with Gasteiger partial charge in [-0.1, -0.05) is 54.3 Å². The Balaban J connectivity index is 1.37. The molecule has 210 valence electrons. The number of carbonyl (C=O) groups excluding carboxylic acids is 1. The second-order valence-electron chi connectivity index (χ2n) is 11.1. The third kappa shape index (κ3) is 6.67. The zero-order valence-corrected chi connectivity index (χ0v) is 23.5. The Morgan fingerprint density at radius 2 is 1.78 bits per heavy atom. The summed E-state index contributed by atoms with van der Waals surface area (Å²) in [6.07, 6.45) is 5.40. The molecule has 1 fully saturated rings. The fourth-order valence-electron chi connectivity index (χ4n) is 4.42. The molecule has 4 aromatic rings. The lowest BCUT2D eigenvalue weighted by molar-refractivity contribution is 0.0950. The van der Waals surface area contributed by atoms with E-state index in [2.05, 4.69) is 27.5 Å². The van der Waals surface area contributed by atoms with Crippen molar-refractivity contribution in [2.24, 2.45) is 0 Å². The highest BCUT2D eigenvalue weighted by atomic mass is 16.4. The van der Waals surface area contributed by atoms with Crippen molar-refractivity contribution >= 4 is 23.5 Å². The van der Waals surface area contributed by atoms with Crippen LogP contribution in [0.5, 0.6) is 0 Å². The van der Waals surface area contributed by atoms with E-state index in [1.807, 2.05) is 92.2 Å². The molecular weight excluding hydrogens is 516 g/mol. The molecule has 41 heavy (non-hydrogen) atoms. The van der Waals surface area contributed by atoms with Crippen molar-refractivity contribution in [1.29, 1.82) is 0 Å². The van der Waals surface area contributed by atoms with E-state index in [-0.39, 0.29) is 12.5 Å². The summed E-state index contributed by atoms with van der Waals surface area (Å²) in [6.45, 7) is 6.21. The van der Waals surface area contributed by atoms with Gasteiger partial charge in [-0.15, -0.1) is 0 Å². The predicted octanol–water partition coefficient (Wildman–Crippen LogP) is 5.54. The molecule has 0 atom stereocenters. The summed E-state index contributed by atoms with van der Waals surface area (Å²) in [4.78, 5) is 34.8. The Hall–Kier alpha value is -4.84. The van der Waals surface area contributed by atoms with E-state index in [0.29, 0.717) is 36.0 Å². The number of nitrogens with one attached hydrogen (secondary N) is 2. The van der Waals surface area contributed by atoms with Gasteiger partial charge < -0.3 is 15.7 Å². The smallest absolute Gasteiger partial charge is 0.408 e. The van der Waals surface area contributed by atoms with Crippen LogP contribution in [0.4, 0.5) is 10.6 Å². The Bertz CT molecular complexity index is 1610. The van der Waals surface area contributed by atoms with Crippen LogP contribution in [0.2, 0.25) is 0 Å². The van der Waals surface area contributed by atoms with Crippen LogP contribution in [-0.2, 0) is 0 Å². The summed E-state index contributed by atoms with van der Waals surface area (Å²) >= 11 is 0. The van der Waals surface area contributed by atoms with Gasteiger partial charge in [-0.3, -0.25) is 14.1 Å². The second kappa shape index (κ2) is 11.7. The molecule has 0 saturated heterocycles. The summed E-state index contributed by atoms with van der Waals surface area (Å²) in [6, 6.07) is 17.8. The van der Waals surface area contributed by atoms with Gasteiger partial charge in [0, 0.05) is 47.4 Å². The maximum absolute atomic E-state index is 12.4. The summed E-state index contributed by atoms with van der Waals surface area (Å²) in [5.74, 6) is 6.62. The third-order valence-corrected chi connectivity index (χ3v) is 6.86. The summed E-state index contributed by atoms with van der Waals surface area (Å²) in [5.41, 5.74) is 4.37. The maximum Gasteiger partial charge on any atom is 0.408 e. The number of imidazole rings is 1. The fraction of sp³-hybridized carbons (Fsp3) is 0.312. The summed E-state index contributed by atoms with van der Waals surface area (Å²) in [7, 11) is 0. The van der Waals surface area contributed by atoms with E-state index >= 15 is 0 Å². The zero-order chi connectivity index (χ0) is 29.0. The highest BCUT2D eigenvalue weighted by Crippen LogP contribution is 2.28. The molecule has 0 spiro atoms. The number of aromatic nitrogens is 3. The highest BCUT2D eigenvalue weighted by molar-refractivity contribution is 5.95. The van der Waals surface area contributed by atoms with Crippen molar-refractivity contribution in [3.63, 3.8) is 0 Å². The molecule has 1 saturated carbocycles. The normalized spacial score (nSPS) is 12.9. The van der Waals surface area contributed by atoms with Crippen LogP contribution < -0.4 is 10.6 Å². The average Bonchev–Trinajstić information content (AvgIpc) is 3.66. The predicted molar refractivity (Wildman–Crippen MR) is 160 cm³/mol. The first-order valence-corrected chi connectivity index (χ1v) is 13.8. The number of hydrogen-bond donors (Lipinski definition) is 3. The Kier molecular flexibility index (Phi) is 7.92. The van der Waals surface area contributed by atoms with Crippen LogP contribution in [0.1, 0.15) is 50.4 Å². The Labute approximate surface area is 239 Å². The standard InChI is InChI=1S/C32H34N6O3/c1-32(2,3)38(31(40)41)19-9-5-8-18-33-28-29-34-20-27(37(29)21-26(36-28)22-10-6-4-7-11-22)23-12-14-24(15-13-23)30(39)35-25-16-17-25/h4,6-7,10-15,20-21,25H,8,16-19H2,1-3H3,(H,33,36)(H,35,39)(H,40,41). The molecule has 3 N–H and O–H groups in total.